The van der Waals surface area contributed by atoms with Crippen LogP contribution in [0.4, 0.5) is 5.95 Å². The van der Waals surface area contributed by atoms with E-state index in [4.69, 9.17) is 0 Å². The summed E-state index contributed by atoms with van der Waals surface area (Å²) in [6.07, 6.45) is 4.96. The van der Waals surface area contributed by atoms with Gasteiger partial charge in [0.05, 0.1) is 6.21 Å². The number of fused-ring (bicyclic) bond motifs is 1. The van der Waals surface area contributed by atoms with E-state index in [-0.39, 0.29) is 5.56 Å². The van der Waals surface area contributed by atoms with Gasteiger partial charge in [-0.15, -0.1) is 0 Å². The van der Waals surface area contributed by atoms with Gasteiger partial charge in [0.25, 0.3) is 5.56 Å². The van der Waals surface area contributed by atoms with Crippen LogP contribution in [-0.4, -0.2) is 29.9 Å². The highest BCUT2D eigenvalue weighted by Crippen LogP contribution is 2.15. The van der Waals surface area contributed by atoms with Crippen LogP contribution in [0.5, 0.6) is 0 Å². The largest absolute Gasteiger partial charge is 0.332 e. The van der Waals surface area contributed by atoms with E-state index >= 15 is 0 Å². The number of hydrogen-bond donors (Lipinski definition) is 1. The number of nitrogens with one attached hydrogen (secondary N) is 1. The van der Waals surface area contributed by atoms with Crippen molar-refractivity contribution in [2.45, 2.75) is 13.5 Å². The number of aromatic nitrogens is 5. The molecule has 24 heavy (non-hydrogen) atoms. The molecule has 3 aromatic rings. The van der Waals surface area contributed by atoms with Crippen molar-refractivity contribution in [2.75, 3.05) is 5.43 Å². The number of anilines is 1. The second-order valence-corrected chi connectivity index (χ2v) is 5.21. The SMILES string of the molecule is CCn1c(NN=Cc2ccncc2)nc2c1c(=O)n(C)c(=O)n2C. The van der Waals surface area contributed by atoms with Crippen molar-refractivity contribution in [3.05, 3.63) is 50.9 Å². The summed E-state index contributed by atoms with van der Waals surface area (Å²) >= 11 is 0. The highest BCUT2D eigenvalue weighted by Gasteiger charge is 2.17. The molecule has 3 rings (SSSR count). The fourth-order valence-electron chi connectivity index (χ4n) is 2.45. The van der Waals surface area contributed by atoms with Gasteiger partial charge in [0.2, 0.25) is 5.95 Å². The molecule has 0 aliphatic rings. The van der Waals surface area contributed by atoms with Gasteiger partial charge in [-0.3, -0.25) is 18.9 Å². The summed E-state index contributed by atoms with van der Waals surface area (Å²) in [4.78, 5) is 32.7. The molecule has 0 unspecified atom stereocenters. The summed E-state index contributed by atoms with van der Waals surface area (Å²) in [6.45, 7) is 2.40. The molecule has 9 heteroatoms. The van der Waals surface area contributed by atoms with Gasteiger partial charge in [0, 0.05) is 33.0 Å². The van der Waals surface area contributed by atoms with Gasteiger partial charge in [-0.25, -0.2) is 10.2 Å². The topological polar surface area (TPSA) is 99.1 Å². The summed E-state index contributed by atoms with van der Waals surface area (Å²) in [5, 5.41) is 4.14. The van der Waals surface area contributed by atoms with E-state index in [1.807, 2.05) is 19.1 Å². The van der Waals surface area contributed by atoms with Crippen LogP contribution in [0.1, 0.15) is 12.5 Å². The fourth-order valence-corrected chi connectivity index (χ4v) is 2.45. The van der Waals surface area contributed by atoms with Gasteiger partial charge in [-0.05, 0) is 24.6 Å². The van der Waals surface area contributed by atoms with Crippen LogP contribution in [-0.2, 0) is 20.6 Å². The average molecular weight is 327 g/mol. The van der Waals surface area contributed by atoms with E-state index in [9.17, 15) is 9.59 Å². The smallest absolute Gasteiger partial charge is 0.303 e. The molecule has 0 saturated carbocycles. The van der Waals surface area contributed by atoms with Gasteiger partial charge in [0.15, 0.2) is 11.2 Å². The van der Waals surface area contributed by atoms with Gasteiger partial charge >= 0.3 is 5.69 Å². The van der Waals surface area contributed by atoms with Crippen molar-refractivity contribution in [3.63, 3.8) is 0 Å². The van der Waals surface area contributed by atoms with Gasteiger partial charge < -0.3 is 4.57 Å². The average Bonchev–Trinajstić information content (AvgIpc) is 2.97. The van der Waals surface area contributed by atoms with E-state index in [0.29, 0.717) is 23.7 Å². The molecule has 0 saturated heterocycles. The van der Waals surface area contributed by atoms with Crippen LogP contribution in [0.2, 0.25) is 0 Å². The highest BCUT2D eigenvalue weighted by molar-refractivity contribution is 5.80. The summed E-state index contributed by atoms with van der Waals surface area (Å²) in [6, 6.07) is 3.63. The molecule has 0 aliphatic carbocycles. The maximum absolute atomic E-state index is 12.4. The first-order chi connectivity index (χ1) is 11.5. The Morgan fingerprint density at radius 1 is 1.21 bits per heavy atom. The lowest BCUT2D eigenvalue weighted by atomic mass is 10.3. The summed E-state index contributed by atoms with van der Waals surface area (Å²) in [7, 11) is 3.03. The molecule has 0 spiro atoms. The van der Waals surface area contributed by atoms with Crippen molar-refractivity contribution in [3.8, 4) is 0 Å². The number of nitrogens with zero attached hydrogens (tertiary/aromatic N) is 6. The third kappa shape index (κ3) is 2.49. The van der Waals surface area contributed by atoms with Crippen molar-refractivity contribution in [2.24, 2.45) is 19.2 Å². The molecule has 0 radical (unpaired) electrons. The van der Waals surface area contributed by atoms with Crippen LogP contribution in [0, 0.1) is 0 Å². The Kier molecular flexibility index (Phi) is 3.98. The summed E-state index contributed by atoms with van der Waals surface area (Å²) in [5.41, 5.74) is 3.60. The van der Waals surface area contributed by atoms with Crippen molar-refractivity contribution in [1.82, 2.24) is 23.7 Å². The van der Waals surface area contributed by atoms with Crippen molar-refractivity contribution < 1.29 is 0 Å². The molecule has 0 aliphatic heterocycles. The maximum atomic E-state index is 12.4. The molecule has 0 aromatic carbocycles. The third-order valence-corrected chi connectivity index (χ3v) is 3.75. The van der Waals surface area contributed by atoms with Gasteiger partial charge in [-0.1, -0.05) is 0 Å². The maximum Gasteiger partial charge on any atom is 0.332 e. The molecule has 9 nitrogen and oxygen atoms in total. The third-order valence-electron chi connectivity index (χ3n) is 3.75. The van der Waals surface area contributed by atoms with E-state index in [1.165, 1.54) is 11.6 Å². The predicted octanol–water partition coefficient (Wildman–Crippen LogP) is 0.295. The van der Waals surface area contributed by atoms with E-state index in [1.54, 1.807) is 30.2 Å². The van der Waals surface area contributed by atoms with Gasteiger partial charge in [0.1, 0.15) is 0 Å². The normalized spacial score (nSPS) is 11.5. The molecule has 0 bridgehead atoms. The van der Waals surface area contributed by atoms with E-state index < -0.39 is 5.69 Å². The molecular weight excluding hydrogens is 310 g/mol. The monoisotopic (exact) mass is 327 g/mol. The second kappa shape index (κ2) is 6.11. The van der Waals surface area contributed by atoms with Crippen LogP contribution >= 0.6 is 0 Å². The van der Waals surface area contributed by atoms with E-state index in [2.05, 4.69) is 20.5 Å². The molecule has 3 heterocycles. The molecule has 3 aromatic heterocycles. The molecule has 0 atom stereocenters. The Labute approximate surface area is 136 Å². The first-order valence-corrected chi connectivity index (χ1v) is 7.40. The van der Waals surface area contributed by atoms with Crippen LogP contribution in [0.15, 0.2) is 39.2 Å². The standard InChI is InChI=1S/C15H17N7O2/c1-4-22-11-12(20(2)15(24)21(3)13(11)23)18-14(22)19-17-9-10-5-7-16-8-6-10/h5-9H,4H2,1-3H3,(H,18,19). The predicted molar refractivity (Wildman–Crippen MR) is 91.3 cm³/mol. The molecule has 0 fully saturated rings. The summed E-state index contributed by atoms with van der Waals surface area (Å²) in [5.74, 6) is 0.399. The Hall–Kier alpha value is -3.23. The molecule has 0 amide bonds. The zero-order chi connectivity index (χ0) is 17.3. The van der Waals surface area contributed by atoms with Gasteiger partial charge in [-0.2, -0.15) is 10.1 Å². The van der Waals surface area contributed by atoms with Crippen LogP contribution in [0.3, 0.4) is 0 Å². The highest BCUT2D eigenvalue weighted by atomic mass is 16.2. The van der Waals surface area contributed by atoms with Crippen LogP contribution in [0.25, 0.3) is 11.2 Å². The van der Waals surface area contributed by atoms with Crippen molar-refractivity contribution in [1.29, 1.82) is 0 Å². The lowest BCUT2D eigenvalue weighted by molar-refractivity contribution is 0.700. The van der Waals surface area contributed by atoms with Crippen LogP contribution < -0.4 is 16.7 Å². The van der Waals surface area contributed by atoms with E-state index in [0.717, 1.165) is 10.1 Å². The van der Waals surface area contributed by atoms with Crippen molar-refractivity contribution >= 4 is 23.3 Å². The summed E-state index contributed by atoms with van der Waals surface area (Å²) < 4.78 is 4.11. The Bertz CT molecular complexity index is 1030. The lowest BCUT2D eigenvalue weighted by Gasteiger charge is -2.05. The second-order valence-electron chi connectivity index (χ2n) is 5.21. The molecule has 124 valence electrons. The Balaban J connectivity index is 2.08. The number of imidazole rings is 1. The minimum atomic E-state index is -0.417. The number of hydrazone groups is 1. The zero-order valence-corrected chi connectivity index (χ0v) is 13.6. The molecular formula is C15H17N7O2. The fraction of sp³-hybridized carbons (Fsp3) is 0.267. The molecule has 1 N–H and O–H groups in total. The quantitative estimate of drug-likeness (QED) is 0.549. The number of pyridine rings is 1. The number of hydrogen-bond acceptors (Lipinski definition) is 6. The lowest BCUT2D eigenvalue weighted by Crippen LogP contribution is -2.37. The number of rotatable bonds is 4. The minimum Gasteiger partial charge on any atom is -0.303 e. The zero-order valence-electron chi connectivity index (χ0n) is 13.6. The first-order valence-electron chi connectivity index (χ1n) is 7.40. The Morgan fingerprint density at radius 2 is 1.92 bits per heavy atom. The minimum absolute atomic E-state index is 0.326. The number of aryl methyl sites for hydroxylation is 2. The Morgan fingerprint density at radius 3 is 2.58 bits per heavy atom. The first kappa shape index (κ1) is 15.7.